The Morgan fingerprint density at radius 2 is 2.30 bits per heavy atom. The number of benzene rings is 1. The maximum atomic E-state index is 12.3. The summed E-state index contributed by atoms with van der Waals surface area (Å²) in [6.45, 7) is 5.53. The Balaban J connectivity index is 1.57. The number of aryl methyl sites for hydroxylation is 1. The highest BCUT2D eigenvalue weighted by atomic mass is 16.3. The third-order valence-electron chi connectivity index (χ3n) is 4.92. The van der Waals surface area contributed by atoms with Gasteiger partial charge in [0.05, 0.1) is 12.6 Å². The van der Waals surface area contributed by atoms with Crippen molar-refractivity contribution in [3.63, 3.8) is 0 Å². The predicted molar refractivity (Wildman–Crippen MR) is 91.5 cm³/mol. The lowest BCUT2D eigenvalue weighted by atomic mass is 10.0. The van der Waals surface area contributed by atoms with Crippen molar-refractivity contribution < 1.29 is 9.90 Å². The van der Waals surface area contributed by atoms with Crippen LogP contribution in [0.2, 0.25) is 0 Å². The van der Waals surface area contributed by atoms with Crippen molar-refractivity contribution in [3.05, 3.63) is 35.5 Å². The number of aliphatic hydroxyl groups excluding tert-OH is 1. The number of fused-ring (bicyclic) bond motifs is 1. The second-order valence-electron chi connectivity index (χ2n) is 6.55. The molecule has 1 aliphatic heterocycles. The molecule has 5 heteroatoms. The molecule has 1 saturated heterocycles. The summed E-state index contributed by atoms with van der Waals surface area (Å²) in [5.74, 6) is 0.364. The lowest BCUT2D eigenvalue weighted by Gasteiger charge is -2.25. The van der Waals surface area contributed by atoms with Gasteiger partial charge in [0.2, 0.25) is 0 Å². The highest BCUT2D eigenvalue weighted by molar-refractivity contribution is 5.84. The number of carbonyl (C=O) groups is 1. The zero-order valence-electron chi connectivity index (χ0n) is 13.8. The zero-order valence-corrected chi connectivity index (χ0v) is 13.8. The fourth-order valence-electron chi connectivity index (χ4n) is 3.45. The Morgan fingerprint density at radius 1 is 1.48 bits per heavy atom. The van der Waals surface area contributed by atoms with Crippen LogP contribution in [0.1, 0.15) is 24.5 Å². The lowest BCUT2D eigenvalue weighted by molar-refractivity contribution is 0.144. The van der Waals surface area contributed by atoms with Crippen molar-refractivity contribution in [2.24, 2.45) is 5.92 Å². The molecule has 0 bridgehead atoms. The molecule has 2 aromatic rings. The Labute approximate surface area is 136 Å². The molecule has 1 aliphatic rings. The van der Waals surface area contributed by atoms with E-state index in [4.69, 9.17) is 0 Å². The quantitative estimate of drug-likeness (QED) is 0.811. The minimum Gasteiger partial charge on any atom is -0.394 e. The Morgan fingerprint density at radius 3 is 3.09 bits per heavy atom. The SMILES string of the molecule is Cc1ccc2c(CCNC(=O)N3CC[C@@H](C)[C@@H]3CO)c[nH]c2c1. The smallest absolute Gasteiger partial charge is 0.317 e. The van der Waals surface area contributed by atoms with E-state index in [9.17, 15) is 9.90 Å². The minimum absolute atomic E-state index is 0.0381. The van der Waals surface area contributed by atoms with E-state index >= 15 is 0 Å². The molecule has 2 atom stereocenters. The third kappa shape index (κ3) is 3.20. The van der Waals surface area contributed by atoms with E-state index in [2.05, 4.69) is 42.3 Å². The fraction of sp³-hybridized carbons (Fsp3) is 0.500. The number of aliphatic hydroxyl groups is 1. The molecule has 0 spiro atoms. The van der Waals surface area contributed by atoms with Crippen molar-refractivity contribution >= 4 is 16.9 Å². The van der Waals surface area contributed by atoms with Gasteiger partial charge >= 0.3 is 6.03 Å². The average molecular weight is 315 g/mol. The number of amides is 2. The second kappa shape index (κ2) is 6.62. The molecule has 2 heterocycles. The zero-order chi connectivity index (χ0) is 16.4. The molecule has 1 fully saturated rings. The molecule has 23 heavy (non-hydrogen) atoms. The first kappa shape index (κ1) is 15.9. The van der Waals surface area contributed by atoms with Gasteiger partial charge in [0.25, 0.3) is 0 Å². The number of rotatable bonds is 4. The van der Waals surface area contributed by atoms with Crippen LogP contribution in [-0.2, 0) is 6.42 Å². The van der Waals surface area contributed by atoms with Crippen molar-refractivity contribution in [1.29, 1.82) is 0 Å². The van der Waals surface area contributed by atoms with Crippen LogP contribution in [-0.4, -0.2) is 46.8 Å². The van der Waals surface area contributed by atoms with E-state index in [0.717, 1.165) is 24.9 Å². The van der Waals surface area contributed by atoms with Gasteiger partial charge < -0.3 is 20.3 Å². The minimum atomic E-state index is -0.0657. The van der Waals surface area contributed by atoms with Crippen LogP contribution < -0.4 is 5.32 Å². The molecule has 1 aromatic heterocycles. The molecule has 2 amide bonds. The summed E-state index contributed by atoms with van der Waals surface area (Å²) in [5.41, 5.74) is 3.59. The van der Waals surface area contributed by atoms with Gasteiger partial charge in [-0.25, -0.2) is 4.79 Å². The average Bonchev–Trinajstić information content (AvgIpc) is 3.10. The molecule has 0 saturated carbocycles. The summed E-state index contributed by atoms with van der Waals surface area (Å²) in [6, 6.07) is 6.25. The van der Waals surface area contributed by atoms with Gasteiger partial charge in [0.1, 0.15) is 0 Å². The summed E-state index contributed by atoms with van der Waals surface area (Å²) in [5, 5.41) is 13.6. The fourth-order valence-corrected chi connectivity index (χ4v) is 3.45. The van der Waals surface area contributed by atoms with Crippen LogP contribution in [0, 0.1) is 12.8 Å². The summed E-state index contributed by atoms with van der Waals surface area (Å²) in [6.07, 6.45) is 3.77. The lowest BCUT2D eigenvalue weighted by Crippen LogP contribution is -2.46. The molecule has 5 nitrogen and oxygen atoms in total. The van der Waals surface area contributed by atoms with Crippen LogP contribution in [0.15, 0.2) is 24.4 Å². The molecule has 1 aromatic carbocycles. The number of hydrogen-bond donors (Lipinski definition) is 3. The normalized spacial score (nSPS) is 21.1. The number of carbonyl (C=O) groups excluding carboxylic acids is 1. The number of hydrogen-bond acceptors (Lipinski definition) is 2. The number of aromatic nitrogens is 1. The molecule has 3 rings (SSSR count). The molecule has 0 radical (unpaired) electrons. The highest BCUT2D eigenvalue weighted by Gasteiger charge is 2.33. The number of urea groups is 1. The van der Waals surface area contributed by atoms with Crippen LogP contribution in [0.4, 0.5) is 4.79 Å². The van der Waals surface area contributed by atoms with Crippen molar-refractivity contribution in [2.45, 2.75) is 32.7 Å². The molecule has 124 valence electrons. The summed E-state index contributed by atoms with van der Waals surface area (Å²) in [4.78, 5) is 17.3. The highest BCUT2D eigenvalue weighted by Crippen LogP contribution is 2.23. The monoisotopic (exact) mass is 315 g/mol. The van der Waals surface area contributed by atoms with Gasteiger partial charge in [-0.15, -0.1) is 0 Å². The van der Waals surface area contributed by atoms with Crippen molar-refractivity contribution in [3.8, 4) is 0 Å². The second-order valence-corrected chi connectivity index (χ2v) is 6.55. The predicted octanol–water partition coefficient (Wildman–Crippen LogP) is 2.43. The van der Waals surface area contributed by atoms with Gasteiger partial charge in [-0.05, 0) is 42.9 Å². The molecule has 3 N–H and O–H groups in total. The van der Waals surface area contributed by atoms with Gasteiger partial charge in [-0.2, -0.15) is 0 Å². The standard InChI is InChI=1S/C18H25N3O2/c1-12-3-4-15-14(10-20-16(15)9-12)5-7-19-18(23)21-8-6-13(2)17(21)11-22/h3-4,9-10,13,17,20,22H,5-8,11H2,1-2H3,(H,19,23)/t13-,17+/m1/s1. The maximum absolute atomic E-state index is 12.3. The number of H-pyrrole nitrogens is 1. The number of nitrogens with one attached hydrogen (secondary N) is 2. The van der Waals surface area contributed by atoms with E-state index in [1.807, 2.05) is 6.20 Å². The number of likely N-dealkylation sites (tertiary alicyclic amines) is 1. The van der Waals surface area contributed by atoms with Crippen LogP contribution in [0.25, 0.3) is 10.9 Å². The molecule has 0 aliphatic carbocycles. The van der Waals surface area contributed by atoms with Crippen LogP contribution in [0.5, 0.6) is 0 Å². The van der Waals surface area contributed by atoms with E-state index in [1.165, 1.54) is 16.5 Å². The summed E-state index contributed by atoms with van der Waals surface area (Å²) in [7, 11) is 0. The Hall–Kier alpha value is -2.01. The maximum Gasteiger partial charge on any atom is 0.317 e. The van der Waals surface area contributed by atoms with Gasteiger partial charge in [0, 0.05) is 30.2 Å². The van der Waals surface area contributed by atoms with Crippen LogP contribution >= 0.6 is 0 Å². The van der Waals surface area contributed by atoms with Crippen molar-refractivity contribution in [1.82, 2.24) is 15.2 Å². The molecular weight excluding hydrogens is 290 g/mol. The van der Waals surface area contributed by atoms with Gasteiger partial charge in [-0.3, -0.25) is 0 Å². The first-order valence-corrected chi connectivity index (χ1v) is 8.32. The van der Waals surface area contributed by atoms with Gasteiger partial charge in [-0.1, -0.05) is 19.1 Å². The topological polar surface area (TPSA) is 68.4 Å². The van der Waals surface area contributed by atoms with Crippen molar-refractivity contribution in [2.75, 3.05) is 19.7 Å². The summed E-state index contributed by atoms with van der Waals surface area (Å²) < 4.78 is 0. The molecular formula is C18H25N3O2. The van der Waals surface area contributed by atoms with E-state index < -0.39 is 0 Å². The van der Waals surface area contributed by atoms with Gasteiger partial charge in [0.15, 0.2) is 0 Å². The summed E-state index contributed by atoms with van der Waals surface area (Å²) >= 11 is 0. The first-order valence-electron chi connectivity index (χ1n) is 8.32. The first-order chi connectivity index (χ1) is 11.1. The number of aromatic amines is 1. The molecule has 0 unspecified atom stereocenters. The number of nitrogens with zero attached hydrogens (tertiary/aromatic N) is 1. The Bertz CT molecular complexity index is 695. The van der Waals surface area contributed by atoms with E-state index in [-0.39, 0.29) is 18.7 Å². The van der Waals surface area contributed by atoms with Crippen LogP contribution in [0.3, 0.4) is 0 Å². The largest absolute Gasteiger partial charge is 0.394 e. The van der Waals surface area contributed by atoms with E-state index in [1.54, 1.807) is 4.90 Å². The Kier molecular flexibility index (Phi) is 4.57. The van der Waals surface area contributed by atoms with E-state index in [0.29, 0.717) is 12.5 Å². The third-order valence-corrected chi connectivity index (χ3v) is 4.92.